The van der Waals surface area contributed by atoms with Crippen LogP contribution in [0.1, 0.15) is 25.7 Å². The Labute approximate surface area is 122 Å². The molecule has 1 unspecified atom stereocenters. The Balaban J connectivity index is 1.97. The summed E-state index contributed by atoms with van der Waals surface area (Å²) in [4.78, 5) is 10.1. The van der Waals surface area contributed by atoms with Crippen molar-refractivity contribution in [3.63, 3.8) is 0 Å². The van der Waals surface area contributed by atoms with Gasteiger partial charge in [0, 0.05) is 12.1 Å². The lowest BCUT2D eigenvalue weighted by molar-refractivity contribution is -0.386. The number of hydrogen-bond donors (Lipinski definition) is 1. The van der Waals surface area contributed by atoms with E-state index in [4.69, 9.17) is 9.47 Å². The predicted molar refractivity (Wildman–Crippen MR) is 75.4 cm³/mol. The van der Waals surface area contributed by atoms with E-state index in [2.05, 4.69) is 5.32 Å². The van der Waals surface area contributed by atoms with Gasteiger partial charge in [0.05, 0.1) is 24.7 Å². The van der Waals surface area contributed by atoms with Crippen molar-refractivity contribution in [2.45, 2.75) is 31.7 Å². The first kappa shape index (κ1) is 15.5. The molecule has 1 aromatic carbocycles. The highest BCUT2D eigenvalue weighted by Gasteiger charge is 2.20. The summed E-state index contributed by atoms with van der Waals surface area (Å²) in [5.74, 6) is -0.778. The van der Waals surface area contributed by atoms with Crippen LogP contribution in [0.2, 0.25) is 0 Å². The van der Waals surface area contributed by atoms with E-state index in [9.17, 15) is 14.5 Å². The van der Waals surface area contributed by atoms with Gasteiger partial charge in [-0.2, -0.15) is 0 Å². The Kier molecular flexibility index (Phi) is 5.32. The van der Waals surface area contributed by atoms with Crippen LogP contribution in [0.4, 0.5) is 10.1 Å². The highest BCUT2D eigenvalue weighted by molar-refractivity contribution is 5.51. The quantitative estimate of drug-likeness (QED) is 0.645. The molecule has 6 nitrogen and oxygen atoms in total. The Morgan fingerprint density at radius 1 is 1.43 bits per heavy atom. The van der Waals surface area contributed by atoms with Crippen molar-refractivity contribution in [1.82, 2.24) is 5.32 Å². The van der Waals surface area contributed by atoms with E-state index in [1.807, 2.05) is 0 Å². The molecule has 0 spiro atoms. The zero-order chi connectivity index (χ0) is 15.2. The molecule has 1 atom stereocenters. The number of halogens is 1. The normalized spacial score (nSPS) is 18.3. The van der Waals surface area contributed by atoms with Gasteiger partial charge < -0.3 is 14.8 Å². The van der Waals surface area contributed by atoms with E-state index in [1.165, 1.54) is 26.0 Å². The Hall–Kier alpha value is -1.89. The SMILES string of the molecule is COc1cc(OCCC2CCCCN2)c(F)cc1[N+](=O)[O-]. The van der Waals surface area contributed by atoms with Gasteiger partial charge in [-0.1, -0.05) is 6.42 Å². The molecule has 1 aliphatic heterocycles. The van der Waals surface area contributed by atoms with Gasteiger partial charge in [0.2, 0.25) is 5.75 Å². The molecule has 0 amide bonds. The average Bonchev–Trinajstić information content (AvgIpc) is 2.49. The minimum Gasteiger partial charge on any atom is -0.490 e. The standard InChI is InChI=1S/C14H19FN2O4/c1-20-14-9-13(11(15)8-12(14)17(18)19)21-7-5-10-4-2-3-6-16-10/h8-10,16H,2-7H2,1H3. The Morgan fingerprint density at radius 2 is 2.24 bits per heavy atom. The summed E-state index contributed by atoms with van der Waals surface area (Å²) in [7, 11) is 1.30. The molecule has 1 heterocycles. The van der Waals surface area contributed by atoms with Crippen LogP contribution in [-0.2, 0) is 0 Å². The number of ether oxygens (including phenoxy) is 2. The van der Waals surface area contributed by atoms with E-state index in [0.717, 1.165) is 25.5 Å². The fraction of sp³-hybridized carbons (Fsp3) is 0.571. The van der Waals surface area contributed by atoms with Crippen molar-refractivity contribution in [3.05, 3.63) is 28.1 Å². The Morgan fingerprint density at radius 3 is 2.86 bits per heavy atom. The first-order chi connectivity index (χ1) is 10.1. The number of piperidine rings is 1. The molecular weight excluding hydrogens is 279 g/mol. The number of nitro groups is 1. The third-order valence-electron chi connectivity index (χ3n) is 3.57. The minimum absolute atomic E-state index is 0.00723. The highest BCUT2D eigenvalue weighted by atomic mass is 19.1. The maximum Gasteiger partial charge on any atom is 0.314 e. The highest BCUT2D eigenvalue weighted by Crippen LogP contribution is 2.33. The van der Waals surface area contributed by atoms with Crippen LogP contribution in [0.25, 0.3) is 0 Å². The molecule has 1 saturated heterocycles. The summed E-state index contributed by atoms with van der Waals surface area (Å²) >= 11 is 0. The lowest BCUT2D eigenvalue weighted by Crippen LogP contribution is -2.35. The van der Waals surface area contributed by atoms with Gasteiger partial charge in [-0.3, -0.25) is 10.1 Å². The van der Waals surface area contributed by atoms with Crippen molar-refractivity contribution in [2.75, 3.05) is 20.3 Å². The zero-order valence-electron chi connectivity index (χ0n) is 11.9. The molecule has 0 aromatic heterocycles. The minimum atomic E-state index is -0.751. The summed E-state index contributed by atoms with van der Waals surface area (Å²) in [6.45, 7) is 1.36. The van der Waals surface area contributed by atoms with Crippen LogP contribution in [0, 0.1) is 15.9 Å². The Bertz CT molecular complexity index is 504. The molecule has 0 radical (unpaired) electrons. The molecule has 21 heavy (non-hydrogen) atoms. The molecule has 1 fully saturated rings. The first-order valence-corrected chi connectivity index (χ1v) is 7.00. The molecule has 1 N–H and O–H groups in total. The van der Waals surface area contributed by atoms with E-state index in [-0.39, 0.29) is 11.5 Å². The second kappa shape index (κ2) is 7.21. The van der Waals surface area contributed by atoms with E-state index < -0.39 is 16.4 Å². The molecular formula is C14H19FN2O4. The van der Waals surface area contributed by atoms with Gasteiger partial charge in [-0.25, -0.2) is 4.39 Å². The van der Waals surface area contributed by atoms with Crippen molar-refractivity contribution >= 4 is 5.69 Å². The molecule has 0 aliphatic carbocycles. The first-order valence-electron chi connectivity index (χ1n) is 7.00. The molecule has 1 aromatic rings. The number of methoxy groups -OCH3 is 1. The number of hydrogen-bond acceptors (Lipinski definition) is 5. The fourth-order valence-corrected chi connectivity index (χ4v) is 2.42. The second-order valence-electron chi connectivity index (χ2n) is 5.00. The average molecular weight is 298 g/mol. The van der Waals surface area contributed by atoms with E-state index >= 15 is 0 Å². The van der Waals surface area contributed by atoms with Crippen LogP contribution in [0.3, 0.4) is 0 Å². The van der Waals surface area contributed by atoms with Crippen LogP contribution >= 0.6 is 0 Å². The summed E-state index contributed by atoms with van der Waals surface area (Å²) in [5, 5.41) is 14.2. The van der Waals surface area contributed by atoms with Gasteiger partial charge in [0.15, 0.2) is 11.6 Å². The van der Waals surface area contributed by atoms with Crippen LogP contribution in [0.15, 0.2) is 12.1 Å². The van der Waals surface area contributed by atoms with Crippen LogP contribution < -0.4 is 14.8 Å². The lowest BCUT2D eigenvalue weighted by atomic mass is 10.0. The van der Waals surface area contributed by atoms with Gasteiger partial charge >= 0.3 is 5.69 Å². The number of benzene rings is 1. The van der Waals surface area contributed by atoms with Crippen molar-refractivity contribution < 1.29 is 18.8 Å². The number of nitrogens with zero attached hydrogens (tertiary/aromatic N) is 1. The number of nitrogens with one attached hydrogen (secondary N) is 1. The smallest absolute Gasteiger partial charge is 0.314 e. The third-order valence-corrected chi connectivity index (χ3v) is 3.57. The van der Waals surface area contributed by atoms with E-state index in [0.29, 0.717) is 12.6 Å². The van der Waals surface area contributed by atoms with Crippen molar-refractivity contribution in [3.8, 4) is 11.5 Å². The van der Waals surface area contributed by atoms with Crippen molar-refractivity contribution in [2.24, 2.45) is 0 Å². The fourth-order valence-electron chi connectivity index (χ4n) is 2.42. The number of nitro benzene ring substituents is 1. The zero-order valence-corrected chi connectivity index (χ0v) is 11.9. The monoisotopic (exact) mass is 298 g/mol. The summed E-state index contributed by atoms with van der Waals surface area (Å²) in [5.41, 5.74) is -0.406. The van der Waals surface area contributed by atoms with Gasteiger partial charge in [0.25, 0.3) is 0 Å². The van der Waals surface area contributed by atoms with Crippen molar-refractivity contribution in [1.29, 1.82) is 0 Å². The molecule has 0 saturated carbocycles. The molecule has 7 heteroatoms. The summed E-state index contributed by atoms with van der Waals surface area (Å²) < 4.78 is 24.1. The largest absolute Gasteiger partial charge is 0.490 e. The number of rotatable bonds is 6. The molecule has 1 aliphatic rings. The second-order valence-corrected chi connectivity index (χ2v) is 5.00. The van der Waals surface area contributed by atoms with E-state index in [1.54, 1.807) is 0 Å². The van der Waals surface area contributed by atoms with Gasteiger partial charge in [-0.05, 0) is 25.8 Å². The van der Waals surface area contributed by atoms with Crippen LogP contribution in [-0.4, -0.2) is 31.2 Å². The predicted octanol–water partition coefficient (Wildman–Crippen LogP) is 2.65. The lowest BCUT2D eigenvalue weighted by Gasteiger charge is -2.23. The third kappa shape index (κ3) is 4.04. The maximum atomic E-state index is 13.8. The molecule has 0 bridgehead atoms. The molecule has 2 rings (SSSR count). The van der Waals surface area contributed by atoms with Gasteiger partial charge in [0.1, 0.15) is 0 Å². The molecule has 116 valence electrons. The summed E-state index contributed by atoms with van der Waals surface area (Å²) in [6.07, 6.45) is 4.25. The van der Waals surface area contributed by atoms with Gasteiger partial charge in [-0.15, -0.1) is 0 Å². The maximum absolute atomic E-state index is 13.8. The summed E-state index contributed by atoms with van der Waals surface area (Å²) in [6, 6.07) is 2.44. The topological polar surface area (TPSA) is 73.6 Å². The van der Waals surface area contributed by atoms with Crippen LogP contribution in [0.5, 0.6) is 11.5 Å².